The Bertz CT molecular complexity index is 286. The Morgan fingerprint density at radius 1 is 1.57 bits per heavy atom. The summed E-state index contributed by atoms with van der Waals surface area (Å²) in [4.78, 5) is 0. The van der Waals surface area contributed by atoms with E-state index in [1.807, 2.05) is 10.9 Å². The molecule has 1 aromatic rings. The van der Waals surface area contributed by atoms with Crippen molar-refractivity contribution < 1.29 is 0 Å². The number of aryl methyl sites for hydroxylation is 1. The summed E-state index contributed by atoms with van der Waals surface area (Å²) in [5.74, 6) is 0.722. The van der Waals surface area contributed by atoms with Crippen LogP contribution in [0.25, 0.3) is 0 Å². The number of nitrogens with two attached hydrogens (primary N) is 1. The molecule has 1 fully saturated rings. The molecule has 0 aliphatic heterocycles. The predicted octanol–water partition coefficient (Wildman–Crippen LogP) is 1.71. The van der Waals surface area contributed by atoms with E-state index in [1.54, 1.807) is 0 Å². The van der Waals surface area contributed by atoms with Gasteiger partial charge in [-0.05, 0) is 31.2 Å². The smallest absolute Gasteiger partial charge is 0.0563 e. The maximum Gasteiger partial charge on any atom is 0.0563 e. The molecule has 1 saturated carbocycles. The van der Waals surface area contributed by atoms with E-state index in [1.165, 1.54) is 31.2 Å². The fourth-order valence-electron chi connectivity index (χ4n) is 2.32. The summed E-state index contributed by atoms with van der Waals surface area (Å²) >= 11 is 0. The maximum absolute atomic E-state index is 6.16. The highest BCUT2D eigenvalue weighted by molar-refractivity contribution is 4.99. The zero-order valence-corrected chi connectivity index (χ0v) is 8.82. The highest BCUT2D eigenvalue weighted by Crippen LogP contribution is 2.27. The van der Waals surface area contributed by atoms with Crippen LogP contribution in [-0.2, 0) is 6.54 Å². The summed E-state index contributed by atoms with van der Waals surface area (Å²) in [5, 5.41) is 4.26. The molecule has 3 nitrogen and oxygen atoms in total. The molecule has 0 aromatic carbocycles. The fraction of sp³-hybridized carbons (Fsp3) is 0.727. The van der Waals surface area contributed by atoms with Crippen LogP contribution in [0.1, 0.15) is 31.2 Å². The Hall–Kier alpha value is -0.830. The lowest BCUT2D eigenvalue weighted by Crippen LogP contribution is -2.33. The number of nitrogens with zero attached hydrogens (tertiary/aromatic N) is 2. The first kappa shape index (κ1) is 9.71. The zero-order chi connectivity index (χ0) is 9.97. The standard InChI is InChI=1S/C11H19N3/c1-9-6-13-14(7-9)8-11(12)10-4-2-3-5-10/h6-7,10-11H,2-5,8,12H2,1H3. The van der Waals surface area contributed by atoms with Crippen molar-refractivity contribution in [1.82, 2.24) is 9.78 Å². The highest BCUT2D eigenvalue weighted by atomic mass is 15.3. The Morgan fingerprint density at radius 2 is 2.29 bits per heavy atom. The van der Waals surface area contributed by atoms with Gasteiger partial charge in [-0.2, -0.15) is 5.10 Å². The van der Waals surface area contributed by atoms with Crippen LogP contribution < -0.4 is 5.73 Å². The first-order valence-electron chi connectivity index (χ1n) is 5.50. The molecule has 1 aliphatic carbocycles. The normalized spacial score (nSPS) is 20.1. The van der Waals surface area contributed by atoms with Crippen LogP contribution >= 0.6 is 0 Å². The van der Waals surface area contributed by atoms with Crippen molar-refractivity contribution in [2.24, 2.45) is 11.7 Å². The third-order valence-electron chi connectivity index (χ3n) is 3.17. The van der Waals surface area contributed by atoms with E-state index in [2.05, 4.69) is 18.2 Å². The second kappa shape index (κ2) is 4.13. The number of hydrogen-bond acceptors (Lipinski definition) is 2. The van der Waals surface area contributed by atoms with Crippen molar-refractivity contribution in [2.75, 3.05) is 0 Å². The van der Waals surface area contributed by atoms with Gasteiger partial charge in [0.1, 0.15) is 0 Å². The molecule has 0 radical (unpaired) electrons. The summed E-state index contributed by atoms with van der Waals surface area (Å²) in [7, 11) is 0. The second-order valence-electron chi connectivity index (χ2n) is 4.45. The minimum Gasteiger partial charge on any atom is -0.326 e. The van der Waals surface area contributed by atoms with E-state index in [-0.39, 0.29) is 6.04 Å². The minimum atomic E-state index is 0.289. The van der Waals surface area contributed by atoms with E-state index in [9.17, 15) is 0 Å². The van der Waals surface area contributed by atoms with Crippen LogP contribution in [-0.4, -0.2) is 15.8 Å². The first-order chi connectivity index (χ1) is 6.75. The molecule has 78 valence electrons. The van der Waals surface area contributed by atoms with Gasteiger partial charge in [0.05, 0.1) is 12.7 Å². The summed E-state index contributed by atoms with van der Waals surface area (Å²) < 4.78 is 1.97. The van der Waals surface area contributed by atoms with Gasteiger partial charge in [0.25, 0.3) is 0 Å². The molecule has 0 amide bonds. The van der Waals surface area contributed by atoms with Crippen LogP contribution in [0.3, 0.4) is 0 Å². The van der Waals surface area contributed by atoms with Gasteiger partial charge in [0.2, 0.25) is 0 Å². The Kier molecular flexibility index (Phi) is 2.87. The number of aromatic nitrogens is 2. The van der Waals surface area contributed by atoms with E-state index in [4.69, 9.17) is 5.73 Å². The van der Waals surface area contributed by atoms with Crippen molar-refractivity contribution in [3.05, 3.63) is 18.0 Å². The monoisotopic (exact) mass is 193 g/mol. The van der Waals surface area contributed by atoms with Crippen LogP contribution in [0.4, 0.5) is 0 Å². The number of hydrogen-bond donors (Lipinski definition) is 1. The quantitative estimate of drug-likeness (QED) is 0.794. The average molecular weight is 193 g/mol. The van der Waals surface area contributed by atoms with Gasteiger partial charge in [-0.3, -0.25) is 4.68 Å². The highest BCUT2D eigenvalue weighted by Gasteiger charge is 2.22. The van der Waals surface area contributed by atoms with Gasteiger partial charge in [0, 0.05) is 12.2 Å². The van der Waals surface area contributed by atoms with E-state index in [0.29, 0.717) is 0 Å². The molecule has 1 unspecified atom stereocenters. The van der Waals surface area contributed by atoms with Crippen LogP contribution in [0.5, 0.6) is 0 Å². The van der Waals surface area contributed by atoms with Crippen LogP contribution in [0.15, 0.2) is 12.4 Å². The Balaban J connectivity index is 1.90. The third kappa shape index (κ3) is 2.15. The van der Waals surface area contributed by atoms with Gasteiger partial charge in [-0.25, -0.2) is 0 Å². The van der Waals surface area contributed by atoms with Crippen molar-refractivity contribution in [1.29, 1.82) is 0 Å². The molecule has 2 N–H and O–H groups in total. The lowest BCUT2D eigenvalue weighted by Gasteiger charge is -2.18. The van der Waals surface area contributed by atoms with E-state index >= 15 is 0 Å². The van der Waals surface area contributed by atoms with Crippen molar-refractivity contribution >= 4 is 0 Å². The molecule has 1 heterocycles. The van der Waals surface area contributed by atoms with Gasteiger partial charge in [-0.1, -0.05) is 12.8 Å². The van der Waals surface area contributed by atoms with Crippen LogP contribution in [0, 0.1) is 12.8 Å². The molecule has 3 heteroatoms. The van der Waals surface area contributed by atoms with Crippen LogP contribution in [0.2, 0.25) is 0 Å². The van der Waals surface area contributed by atoms with Crippen molar-refractivity contribution in [3.63, 3.8) is 0 Å². The second-order valence-corrected chi connectivity index (χ2v) is 4.45. The Morgan fingerprint density at radius 3 is 2.86 bits per heavy atom. The average Bonchev–Trinajstić information content (AvgIpc) is 2.75. The lowest BCUT2D eigenvalue weighted by molar-refractivity contribution is 0.373. The SMILES string of the molecule is Cc1cnn(CC(N)C2CCCC2)c1. The molecule has 1 aromatic heterocycles. The number of rotatable bonds is 3. The topological polar surface area (TPSA) is 43.8 Å². The van der Waals surface area contributed by atoms with E-state index < -0.39 is 0 Å². The fourth-order valence-corrected chi connectivity index (χ4v) is 2.32. The Labute approximate surface area is 85.3 Å². The minimum absolute atomic E-state index is 0.289. The van der Waals surface area contributed by atoms with E-state index in [0.717, 1.165) is 12.5 Å². The third-order valence-corrected chi connectivity index (χ3v) is 3.17. The summed E-state index contributed by atoms with van der Waals surface area (Å²) in [6.07, 6.45) is 9.28. The zero-order valence-electron chi connectivity index (χ0n) is 8.82. The molecule has 1 aliphatic rings. The molecular weight excluding hydrogens is 174 g/mol. The largest absolute Gasteiger partial charge is 0.326 e. The van der Waals surface area contributed by atoms with Gasteiger partial charge in [-0.15, -0.1) is 0 Å². The molecule has 2 rings (SSSR count). The maximum atomic E-state index is 6.16. The van der Waals surface area contributed by atoms with Gasteiger partial charge >= 0.3 is 0 Å². The van der Waals surface area contributed by atoms with Crippen molar-refractivity contribution in [2.45, 2.75) is 45.2 Å². The molecule has 1 atom stereocenters. The molecule has 0 bridgehead atoms. The summed E-state index contributed by atoms with van der Waals surface area (Å²) in [6.45, 7) is 2.93. The molecule has 0 saturated heterocycles. The lowest BCUT2D eigenvalue weighted by atomic mass is 9.99. The molecule has 0 spiro atoms. The van der Waals surface area contributed by atoms with Gasteiger partial charge in [0.15, 0.2) is 0 Å². The first-order valence-corrected chi connectivity index (χ1v) is 5.50. The van der Waals surface area contributed by atoms with Crippen molar-refractivity contribution in [3.8, 4) is 0 Å². The summed E-state index contributed by atoms with van der Waals surface area (Å²) in [5.41, 5.74) is 7.37. The molecule has 14 heavy (non-hydrogen) atoms. The molecular formula is C11H19N3. The predicted molar refractivity (Wildman–Crippen MR) is 56.9 cm³/mol. The summed E-state index contributed by atoms with van der Waals surface area (Å²) in [6, 6.07) is 0.289. The van der Waals surface area contributed by atoms with Gasteiger partial charge < -0.3 is 5.73 Å².